The Labute approximate surface area is 127 Å². The van der Waals surface area contributed by atoms with E-state index in [1.807, 2.05) is 6.07 Å². The Bertz CT molecular complexity index is 569. The first-order chi connectivity index (χ1) is 9.65. The van der Waals surface area contributed by atoms with E-state index in [4.69, 9.17) is 5.84 Å². The number of halogens is 2. The van der Waals surface area contributed by atoms with E-state index in [9.17, 15) is 4.39 Å². The molecule has 0 spiro atoms. The van der Waals surface area contributed by atoms with Gasteiger partial charge in [-0.05, 0) is 46.0 Å². The summed E-state index contributed by atoms with van der Waals surface area (Å²) in [6.07, 6.45) is 1.66. The normalized spacial score (nSPS) is 12.4. The maximum atomic E-state index is 14.1. The molecule has 2 nitrogen and oxygen atoms in total. The molecule has 106 valence electrons. The molecule has 0 aliphatic heterocycles. The fourth-order valence-corrected chi connectivity index (χ4v) is 2.58. The largest absolute Gasteiger partial charge is 0.271 e. The van der Waals surface area contributed by atoms with Crippen molar-refractivity contribution in [1.82, 2.24) is 5.43 Å². The average Bonchev–Trinajstić information content (AvgIpc) is 2.48. The summed E-state index contributed by atoms with van der Waals surface area (Å²) in [5.41, 5.74) is 5.69. The molecule has 20 heavy (non-hydrogen) atoms. The van der Waals surface area contributed by atoms with E-state index >= 15 is 0 Å². The highest BCUT2D eigenvalue weighted by Crippen LogP contribution is 2.25. The van der Waals surface area contributed by atoms with Crippen molar-refractivity contribution in [2.24, 2.45) is 5.84 Å². The van der Waals surface area contributed by atoms with E-state index in [2.05, 4.69) is 52.5 Å². The summed E-state index contributed by atoms with van der Waals surface area (Å²) in [6.45, 7) is 2.12. The topological polar surface area (TPSA) is 38.0 Å². The van der Waals surface area contributed by atoms with Crippen molar-refractivity contribution in [2.75, 3.05) is 0 Å². The third-order valence-electron chi connectivity index (χ3n) is 3.43. The summed E-state index contributed by atoms with van der Waals surface area (Å²) in [6, 6.07) is 13.3. The van der Waals surface area contributed by atoms with Crippen LogP contribution in [0.4, 0.5) is 4.39 Å². The van der Waals surface area contributed by atoms with Gasteiger partial charge in [-0.3, -0.25) is 11.3 Å². The predicted octanol–water partition coefficient (Wildman–Crippen LogP) is 3.90. The summed E-state index contributed by atoms with van der Waals surface area (Å²) in [5.74, 6) is 5.33. The van der Waals surface area contributed by atoms with Crippen molar-refractivity contribution in [3.05, 3.63) is 69.4 Å². The van der Waals surface area contributed by atoms with E-state index in [0.29, 0.717) is 16.5 Å². The fraction of sp³-hybridized carbons (Fsp3) is 0.250. The Morgan fingerprint density at radius 2 is 1.80 bits per heavy atom. The summed E-state index contributed by atoms with van der Waals surface area (Å²) in [5, 5.41) is 0. The van der Waals surface area contributed by atoms with Gasteiger partial charge < -0.3 is 0 Å². The molecule has 1 atom stereocenters. The third-order valence-corrected chi connectivity index (χ3v) is 4.04. The molecule has 3 N–H and O–H groups in total. The van der Waals surface area contributed by atoms with Crippen molar-refractivity contribution in [1.29, 1.82) is 0 Å². The van der Waals surface area contributed by atoms with Crippen molar-refractivity contribution in [3.8, 4) is 0 Å². The number of nitrogens with two attached hydrogens (primary N) is 1. The van der Waals surface area contributed by atoms with Gasteiger partial charge in [-0.2, -0.15) is 0 Å². The van der Waals surface area contributed by atoms with Crippen LogP contribution in [0.3, 0.4) is 0 Å². The van der Waals surface area contributed by atoms with E-state index in [1.54, 1.807) is 12.1 Å². The zero-order valence-electron chi connectivity index (χ0n) is 11.4. The van der Waals surface area contributed by atoms with Gasteiger partial charge in [-0.1, -0.05) is 43.3 Å². The highest BCUT2D eigenvalue weighted by Gasteiger charge is 2.16. The highest BCUT2D eigenvalue weighted by molar-refractivity contribution is 9.10. The molecule has 0 amide bonds. The second-order valence-electron chi connectivity index (χ2n) is 4.74. The minimum Gasteiger partial charge on any atom is -0.271 e. The van der Waals surface area contributed by atoms with Crippen LogP contribution in [0.5, 0.6) is 0 Å². The van der Waals surface area contributed by atoms with E-state index in [-0.39, 0.29) is 11.9 Å². The van der Waals surface area contributed by atoms with Crippen molar-refractivity contribution >= 4 is 15.9 Å². The van der Waals surface area contributed by atoms with Gasteiger partial charge >= 0.3 is 0 Å². The average molecular weight is 337 g/mol. The number of nitrogens with one attached hydrogen (secondary N) is 1. The summed E-state index contributed by atoms with van der Waals surface area (Å²) in [4.78, 5) is 0. The minimum atomic E-state index is -0.263. The number of aryl methyl sites for hydroxylation is 1. The molecule has 0 saturated heterocycles. The summed E-state index contributed by atoms with van der Waals surface area (Å²) in [7, 11) is 0. The quantitative estimate of drug-likeness (QED) is 0.642. The highest BCUT2D eigenvalue weighted by atomic mass is 79.9. The molecule has 4 heteroatoms. The molecule has 2 rings (SSSR count). The van der Waals surface area contributed by atoms with Crippen LogP contribution in [0.2, 0.25) is 0 Å². The first kappa shape index (κ1) is 15.2. The van der Waals surface area contributed by atoms with Gasteiger partial charge in [-0.15, -0.1) is 0 Å². The second kappa shape index (κ2) is 6.97. The molecule has 0 bridgehead atoms. The van der Waals surface area contributed by atoms with Crippen LogP contribution in [0.1, 0.15) is 29.7 Å². The number of benzene rings is 2. The molecule has 2 aromatic carbocycles. The molecule has 0 aliphatic rings. The minimum absolute atomic E-state index is 0.250. The Hall–Kier alpha value is -1.23. The number of hydrogen-bond donors (Lipinski definition) is 2. The van der Waals surface area contributed by atoms with Crippen LogP contribution in [-0.2, 0) is 12.8 Å². The van der Waals surface area contributed by atoms with Gasteiger partial charge in [-0.25, -0.2) is 4.39 Å². The van der Waals surface area contributed by atoms with Crippen LogP contribution in [0.15, 0.2) is 46.9 Å². The summed E-state index contributed by atoms with van der Waals surface area (Å²) < 4.78 is 14.6. The molecule has 0 saturated carbocycles. The smallest absolute Gasteiger partial charge is 0.142 e. The zero-order chi connectivity index (χ0) is 14.5. The van der Waals surface area contributed by atoms with Crippen LogP contribution >= 0.6 is 15.9 Å². The molecule has 0 fully saturated rings. The number of hydrazine groups is 1. The number of hydrogen-bond acceptors (Lipinski definition) is 2. The zero-order valence-corrected chi connectivity index (χ0v) is 13.0. The van der Waals surface area contributed by atoms with Gasteiger partial charge in [0.15, 0.2) is 0 Å². The Morgan fingerprint density at radius 3 is 2.40 bits per heavy atom. The molecular formula is C16H18BrFN2. The van der Waals surface area contributed by atoms with Crippen molar-refractivity contribution in [2.45, 2.75) is 25.8 Å². The maximum absolute atomic E-state index is 14.1. The lowest BCUT2D eigenvalue weighted by molar-refractivity contribution is 0.508. The lowest BCUT2D eigenvalue weighted by Gasteiger charge is -2.18. The molecule has 2 aromatic rings. The van der Waals surface area contributed by atoms with Crippen LogP contribution in [-0.4, -0.2) is 0 Å². The van der Waals surface area contributed by atoms with Gasteiger partial charge in [0.1, 0.15) is 5.82 Å². The van der Waals surface area contributed by atoms with E-state index in [0.717, 1.165) is 12.0 Å². The van der Waals surface area contributed by atoms with Crippen LogP contribution in [0.25, 0.3) is 0 Å². The van der Waals surface area contributed by atoms with Crippen molar-refractivity contribution < 1.29 is 4.39 Å². The fourth-order valence-electron chi connectivity index (χ4n) is 2.20. The van der Waals surface area contributed by atoms with E-state index in [1.165, 1.54) is 5.56 Å². The molecule has 0 aromatic heterocycles. The Morgan fingerprint density at radius 1 is 1.15 bits per heavy atom. The maximum Gasteiger partial charge on any atom is 0.142 e. The predicted molar refractivity (Wildman–Crippen MR) is 83.7 cm³/mol. The monoisotopic (exact) mass is 336 g/mol. The Balaban J connectivity index is 2.21. The number of rotatable bonds is 5. The van der Waals surface area contributed by atoms with Crippen LogP contribution in [0, 0.1) is 5.82 Å². The van der Waals surface area contributed by atoms with Crippen LogP contribution < -0.4 is 11.3 Å². The standard InChI is InChI=1S/C16H18BrFN2/c1-2-11-6-8-12(9-7-11)10-15(20-19)13-4-3-5-14(17)16(13)18/h3-9,15,20H,2,10,19H2,1H3. The molecule has 0 radical (unpaired) electrons. The van der Waals surface area contributed by atoms with Gasteiger partial charge in [0, 0.05) is 5.56 Å². The molecule has 0 heterocycles. The molecular weight excluding hydrogens is 319 g/mol. The first-order valence-corrected chi connectivity index (χ1v) is 7.42. The third kappa shape index (κ3) is 3.45. The van der Waals surface area contributed by atoms with Gasteiger partial charge in [0.25, 0.3) is 0 Å². The van der Waals surface area contributed by atoms with Crippen molar-refractivity contribution in [3.63, 3.8) is 0 Å². The molecule has 0 aliphatic carbocycles. The summed E-state index contributed by atoms with van der Waals surface area (Å²) >= 11 is 3.20. The Kier molecular flexibility index (Phi) is 5.29. The van der Waals surface area contributed by atoms with E-state index < -0.39 is 0 Å². The second-order valence-corrected chi connectivity index (χ2v) is 5.59. The lowest BCUT2D eigenvalue weighted by Crippen LogP contribution is -2.30. The molecule has 1 unspecified atom stereocenters. The van der Waals surface area contributed by atoms with Gasteiger partial charge in [0.05, 0.1) is 10.5 Å². The SMILES string of the molecule is CCc1ccc(CC(NN)c2cccc(Br)c2F)cc1. The lowest BCUT2D eigenvalue weighted by atomic mass is 9.98. The van der Waals surface area contributed by atoms with Gasteiger partial charge in [0.2, 0.25) is 0 Å². The first-order valence-electron chi connectivity index (χ1n) is 6.63.